The van der Waals surface area contributed by atoms with Crippen LogP contribution < -0.4 is 10.6 Å². The molecule has 0 bridgehead atoms. The normalized spacial score (nSPS) is 11.4. The average Bonchev–Trinajstić information content (AvgIpc) is 3.04. The Morgan fingerprint density at radius 1 is 0.745 bits per heavy atom. The number of carbonyl (C=O) groups excluding carboxylic acids is 6. The molecule has 2 N–H and O–H groups in total. The largest absolute Gasteiger partial charge is 0.461 e. The smallest absolute Gasteiger partial charge is 0.411 e. The molecule has 0 aliphatic carbocycles. The van der Waals surface area contributed by atoms with Gasteiger partial charge < -0.3 is 14.8 Å². The SMILES string of the molecule is CCC(CCC(=O)Nc1ccc(C)c(N=C=O)c1)(COC(=O)Nc1ccc(C)c(N=C=O)c1)COC(=O)c1cc(C)cc(N=C=O)c1. The standard InChI is InChI=1S/C34H33N5O8/c1-5-34(17-46-32(44)25-12-22(2)13-28(14-25)35-19-40,11-10-31(43)38-26-8-6-23(3)29(15-26)36-20-41)18-47-33(45)39-27-9-7-24(4)30(16-27)37-21-42/h6-9,12-16H,5,10-11,17-18H2,1-4H3,(H,38,43)(H,39,45). The van der Waals surface area contributed by atoms with Crippen molar-refractivity contribution in [3.8, 4) is 0 Å². The van der Waals surface area contributed by atoms with E-state index < -0.39 is 17.5 Å². The first-order chi connectivity index (χ1) is 22.5. The van der Waals surface area contributed by atoms with Gasteiger partial charge in [-0.25, -0.2) is 24.0 Å². The van der Waals surface area contributed by atoms with E-state index in [9.17, 15) is 28.8 Å². The van der Waals surface area contributed by atoms with Crippen LogP contribution in [0.1, 0.15) is 53.2 Å². The van der Waals surface area contributed by atoms with Gasteiger partial charge in [-0.1, -0.05) is 19.1 Å². The molecule has 3 rings (SSSR count). The highest BCUT2D eigenvalue weighted by atomic mass is 16.6. The first-order valence-corrected chi connectivity index (χ1v) is 14.5. The molecular weight excluding hydrogens is 606 g/mol. The van der Waals surface area contributed by atoms with Crippen molar-refractivity contribution in [2.75, 3.05) is 23.8 Å². The highest BCUT2D eigenvalue weighted by Crippen LogP contribution is 2.31. The van der Waals surface area contributed by atoms with Gasteiger partial charge in [-0.05, 0) is 92.8 Å². The van der Waals surface area contributed by atoms with Gasteiger partial charge in [-0.2, -0.15) is 15.0 Å². The van der Waals surface area contributed by atoms with Crippen molar-refractivity contribution >= 4 is 64.6 Å². The third kappa shape index (κ3) is 10.6. The van der Waals surface area contributed by atoms with Gasteiger partial charge in [-0.15, -0.1) is 0 Å². The van der Waals surface area contributed by atoms with Crippen LogP contribution in [0, 0.1) is 26.2 Å². The molecule has 0 radical (unpaired) electrons. The second-order valence-electron chi connectivity index (χ2n) is 10.8. The van der Waals surface area contributed by atoms with Gasteiger partial charge in [0.15, 0.2) is 0 Å². The summed E-state index contributed by atoms with van der Waals surface area (Å²) in [6, 6.07) is 14.2. The molecule has 3 aromatic rings. The number of isocyanates is 3. The maximum absolute atomic E-state index is 13.1. The third-order valence-corrected chi connectivity index (χ3v) is 7.40. The van der Waals surface area contributed by atoms with Crippen molar-refractivity contribution in [1.29, 1.82) is 0 Å². The lowest BCUT2D eigenvalue weighted by Gasteiger charge is -2.31. The molecule has 0 heterocycles. The van der Waals surface area contributed by atoms with Crippen molar-refractivity contribution in [3.05, 3.63) is 76.9 Å². The zero-order chi connectivity index (χ0) is 34.4. The summed E-state index contributed by atoms with van der Waals surface area (Å²) in [5, 5.41) is 5.34. The summed E-state index contributed by atoms with van der Waals surface area (Å²) < 4.78 is 11.2. The summed E-state index contributed by atoms with van der Waals surface area (Å²) in [6.07, 6.45) is 4.04. The summed E-state index contributed by atoms with van der Waals surface area (Å²) in [5.41, 5.74) is 2.94. The highest BCUT2D eigenvalue weighted by molar-refractivity contribution is 5.92. The number of aliphatic imine (C=N–C) groups is 3. The Morgan fingerprint density at radius 2 is 1.32 bits per heavy atom. The van der Waals surface area contributed by atoms with Gasteiger partial charge in [0.2, 0.25) is 24.1 Å². The Labute approximate surface area is 270 Å². The number of nitrogens with one attached hydrogen (secondary N) is 2. The van der Waals surface area contributed by atoms with Crippen molar-refractivity contribution in [3.63, 3.8) is 0 Å². The zero-order valence-corrected chi connectivity index (χ0v) is 26.3. The predicted octanol–water partition coefficient (Wildman–Crippen LogP) is 6.73. The first kappa shape index (κ1) is 35.5. The van der Waals surface area contributed by atoms with E-state index >= 15 is 0 Å². The number of amides is 2. The minimum Gasteiger partial charge on any atom is -0.461 e. The monoisotopic (exact) mass is 639 g/mol. The van der Waals surface area contributed by atoms with Gasteiger partial charge in [-0.3, -0.25) is 10.1 Å². The van der Waals surface area contributed by atoms with Crippen LogP contribution in [0.4, 0.5) is 33.2 Å². The van der Waals surface area contributed by atoms with Crippen molar-refractivity contribution in [2.45, 2.75) is 47.0 Å². The van der Waals surface area contributed by atoms with Gasteiger partial charge in [0.1, 0.15) is 13.2 Å². The number of esters is 1. The van der Waals surface area contributed by atoms with Gasteiger partial charge in [0.05, 0.1) is 22.6 Å². The Kier molecular flexibility index (Phi) is 12.8. The van der Waals surface area contributed by atoms with E-state index in [0.717, 1.165) is 5.56 Å². The van der Waals surface area contributed by atoms with Crippen LogP contribution in [0.15, 0.2) is 69.6 Å². The molecule has 0 saturated heterocycles. The average molecular weight is 640 g/mol. The number of nitrogens with zero attached hydrogens (tertiary/aromatic N) is 3. The quantitative estimate of drug-likeness (QED) is 0.110. The molecule has 0 aliphatic rings. The molecule has 13 nitrogen and oxygen atoms in total. The van der Waals surface area contributed by atoms with Gasteiger partial charge in [0.25, 0.3) is 0 Å². The van der Waals surface area contributed by atoms with Crippen LogP contribution in [0.3, 0.4) is 0 Å². The van der Waals surface area contributed by atoms with Crippen molar-refractivity contribution in [2.24, 2.45) is 20.4 Å². The Bertz CT molecular complexity index is 1720. The number of carbonyl (C=O) groups is 3. The van der Waals surface area contributed by atoms with E-state index in [1.807, 2.05) is 6.92 Å². The van der Waals surface area contributed by atoms with Crippen LogP contribution >= 0.6 is 0 Å². The Morgan fingerprint density at radius 3 is 1.89 bits per heavy atom. The van der Waals surface area contributed by atoms with E-state index in [-0.39, 0.29) is 43.2 Å². The molecule has 1 unspecified atom stereocenters. The molecule has 0 fully saturated rings. The van der Waals surface area contributed by atoms with E-state index in [1.165, 1.54) is 30.4 Å². The first-order valence-electron chi connectivity index (χ1n) is 14.5. The molecule has 0 aromatic heterocycles. The fraction of sp³-hybridized carbons (Fsp3) is 0.294. The van der Waals surface area contributed by atoms with Crippen LogP contribution in [-0.2, 0) is 28.7 Å². The lowest BCUT2D eigenvalue weighted by atomic mass is 9.82. The zero-order valence-electron chi connectivity index (χ0n) is 26.3. The van der Waals surface area contributed by atoms with E-state index in [1.54, 1.807) is 63.2 Å². The molecule has 3 aromatic carbocycles. The van der Waals surface area contributed by atoms with Crippen LogP contribution in [-0.4, -0.2) is 49.4 Å². The second kappa shape index (κ2) is 16.9. The summed E-state index contributed by atoms with van der Waals surface area (Å²) in [6.45, 7) is 6.61. The highest BCUT2D eigenvalue weighted by Gasteiger charge is 2.33. The third-order valence-electron chi connectivity index (χ3n) is 7.40. The van der Waals surface area contributed by atoms with Gasteiger partial charge >= 0.3 is 12.1 Å². The number of anilines is 2. The maximum Gasteiger partial charge on any atom is 0.411 e. The second-order valence-corrected chi connectivity index (χ2v) is 10.8. The minimum atomic E-state index is -0.988. The molecule has 0 aliphatic heterocycles. The number of rotatable bonds is 14. The molecular formula is C34H33N5O8. The molecule has 2 amide bonds. The summed E-state index contributed by atoms with van der Waals surface area (Å²) in [5.74, 6) is -1.07. The Balaban J connectivity index is 1.78. The summed E-state index contributed by atoms with van der Waals surface area (Å²) in [4.78, 5) is 81.9. The molecule has 0 saturated carbocycles. The van der Waals surface area contributed by atoms with Crippen LogP contribution in [0.5, 0.6) is 0 Å². The van der Waals surface area contributed by atoms with E-state index in [4.69, 9.17) is 9.47 Å². The summed E-state index contributed by atoms with van der Waals surface area (Å²) in [7, 11) is 0. The topological polar surface area (TPSA) is 182 Å². The predicted molar refractivity (Wildman–Crippen MR) is 173 cm³/mol. The fourth-order valence-electron chi connectivity index (χ4n) is 4.56. The fourth-order valence-corrected chi connectivity index (χ4v) is 4.56. The van der Waals surface area contributed by atoms with Gasteiger partial charge in [0, 0.05) is 23.2 Å². The lowest BCUT2D eigenvalue weighted by Crippen LogP contribution is -2.36. The molecule has 47 heavy (non-hydrogen) atoms. The number of aryl methyl sites for hydroxylation is 3. The Hall–Kier alpha value is -5.99. The van der Waals surface area contributed by atoms with Crippen molar-refractivity contribution in [1.82, 2.24) is 0 Å². The maximum atomic E-state index is 13.1. The number of hydrogen-bond acceptors (Lipinski definition) is 11. The van der Waals surface area contributed by atoms with Crippen LogP contribution in [0.2, 0.25) is 0 Å². The lowest BCUT2D eigenvalue weighted by molar-refractivity contribution is -0.117. The number of ether oxygens (including phenoxy) is 2. The van der Waals surface area contributed by atoms with Crippen LogP contribution in [0.25, 0.3) is 0 Å². The number of benzene rings is 3. The minimum absolute atomic E-state index is 0.0375. The van der Waals surface area contributed by atoms with E-state index in [0.29, 0.717) is 40.3 Å². The molecule has 13 heteroatoms. The molecule has 0 spiro atoms. The molecule has 1 atom stereocenters. The number of hydrogen-bond donors (Lipinski definition) is 2. The van der Waals surface area contributed by atoms with Crippen molar-refractivity contribution < 1.29 is 38.2 Å². The molecule has 242 valence electrons. The van der Waals surface area contributed by atoms with E-state index in [2.05, 4.69) is 25.6 Å². The summed E-state index contributed by atoms with van der Waals surface area (Å²) >= 11 is 0.